The number of primary amides is 1. The van der Waals surface area contributed by atoms with Crippen LogP contribution < -0.4 is 15.8 Å². The van der Waals surface area contributed by atoms with E-state index in [-0.39, 0.29) is 11.7 Å². The Morgan fingerprint density at radius 3 is 2.76 bits per heavy atom. The molecule has 0 atom stereocenters. The van der Waals surface area contributed by atoms with Crippen molar-refractivity contribution in [1.82, 2.24) is 4.98 Å². The van der Waals surface area contributed by atoms with Gasteiger partial charge >= 0.3 is 0 Å². The van der Waals surface area contributed by atoms with Crippen LogP contribution in [-0.4, -0.2) is 29.7 Å². The van der Waals surface area contributed by atoms with Crippen molar-refractivity contribution in [2.45, 2.75) is 4.90 Å². The van der Waals surface area contributed by atoms with E-state index in [1.54, 1.807) is 19.2 Å². The van der Waals surface area contributed by atoms with Gasteiger partial charge < -0.3 is 20.8 Å². The summed E-state index contributed by atoms with van der Waals surface area (Å²) in [6, 6.07) is 14.6. The molecule has 0 bridgehead atoms. The fourth-order valence-corrected chi connectivity index (χ4v) is 3.14. The van der Waals surface area contributed by atoms with Gasteiger partial charge in [-0.05, 0) is 30.3 Å². The lowest BCUT2D eigenvalue weighted by Gasteiger charge is -2.09. The number of nitrogens with one attached hydrogen (secondary N) is 2. The standard InChI is InChI=1S/C18H17N3O3S/c1-24-12-7-6-11-8-15(20-14(11)9-12)18(23)21-13-4-2-3-5-16(13)25-10-17(19)22/h2-9,20H,10H2,1H3,(H2,19,22)(H,21,23). The molecule has 0 aliphatic carbocycles. The molecule has 4 N–H and O–H groups in total. The van der Waals surface area contributed by atoms with Crippen LogP contribution in [0.5, 0.6) is 5.75 Å². The van der Waals surface area contributed by atoms with Crippen molar-refractivity contribution in [3.05, 3.63) is 54.2 Å². The van der Waals surface area contributed by atoms with E-state index < -0.39 is 5.91 Å². The molecule has 3 aromatic rings. The number of H-pyrrole nitrogens is 1. The van der Waals surface area contributed by atoms with Gasteiger partial charge in [0.2, 0.25) is 5.91 Å². The monoisotopic (exact) mass is 355 g/mol. The smallest absolute Gasteiger partial charge is 0.272 e. The summed E-state index contributed by atoms with van der Waals surface area (Å²) in [6.45, 7) is 0. The Labute approximate surface area is 148 Å². The number of fused-ring (bicyclic) bond motifs is 1. The number of anilines is 1. The predicted molar refractivity (Wildman–Crippen MR) is 99.2 cm³/mol. The third kappa shape index (κ3) is 3.95. The third-order valence-electron chi connectivity index (χ3n) is 3.58. The average molecular weight is 355 g/mol. The topological polar surface area (TPSA) is 97.2 Å². The van der Waals surface area contributed by atoms with Crippen LogP contribution in [0.15, 0.2) is 53.4 Å². The van der Waals surface area contributed by atoms with Crippen LogP contribution in [0.25, 0.3) is 10.9 Å². The molecule has 128 valence electrons. The number of methoxy groups -OCH3 is 1. The Kier molecular flexibility index (Phi) is 4.95. The van der Waals surface area contributed by atoms with Crippen LogP contribution in [0.1, 0.15) is 10.5 Å². The molecule has 0 saturated heterocycles. The van der Waals surface area contributed by atoms with Crippen molar-refractivity contribution in [2.24, 2.45) is 5.73 Å². The van der Waals surface area contributed by atoms with E-state index in [2.05, 4.69) is 10.3 Å². The molecule has 3 rings (SSSR count). The van der Waals surface area contributed by atoms with E-state index in [9.17, 15) is 9.59 Å². The van der Waals surface area contributed by atoms with Gasteiger partial charge in [-0.2, -0.15) is 0 Å². The van der Waals surface area contributed by atoms with Gasteiger partial charge in [0.05, 0.1) is 18.6 Å². The number of amides is 2. The fourth-order valence-electron chi connectivity index (χ4n) is 2.39. The number of ether oxygens (including phenoxy) is 1. The predicted octanol–water partition coefficient (Wildman–Crippen LogP) is 3.01. The third-order valence-corrected chi connectivity index (χ3v) is 4.68. The van der Waals surface area contributed by atoms with Gasteiger partial charge in [0, 0.05) is 21.9 Å². The SMILES string of the molecule is COc1ccc2cc(C(=O)Nc3ccccc3SCC(N)=O)[nH]c2c1. The first kappa shape index (κ1) is 16.9. The summed E-state index contributed by atoms with van der Waals surface area (Å²) in [7, 11) is 1.60. The van der Waals surface area contributed by atoms with Gasteiger partial charge in [0.1, 0.15) is 11.4 Å². The Morgan fingerprint density at radius 2 is 2.00 bits per heavy atom. The molecule has 0 unspecified atom stereocenters. The fraction of sp³-hybridized carbons (Fsp3) is 0.111. The van der Waals surface area contributed by atoms with Crippen LogP contribution in [0.3, 0.4) is 0 Å². The first-order valence-electron chi connectivity index (χ1n) is 7.55. The number of hydrogen-bond acceptors (Lipinski definition) is 4. The number of nitrogens with two attached hydrogens (primary N) is 1. The highest BCUT2D eigenvalue weighted by atomic mass is 32.2. The maximum Gasteiger partial charge on any atom is 0.272 e. The number of rotatable bonds is 6. The Bertz CT molecular complexity index is 936. The first-order chi connectivity index (χ1) is 12.1. The zero-order valence-electron chi connectivity index (χ0n) is 13.5. The zero-order valence-corrected chi connectivity index (χ0v) is 14.4. The molecule has 2 amide bonds. The van der Waals surface area contributed by atoms with Crippen LogP contribution in [0.2, 0.25) is 0 Å². The molecular formula is C18H17N3O3S. The minimum atomic E-state index is -0.407. The summed E-state index contributed by atoms with van der Waals surface area (Å²) in [5.74, 6) is 0.200. The number of carbonyl (C=O) groups is 2. The molecule has 0 saturated carbocycles. The Balaban J connectivity index is 1.81. The lowest BCUT2D eigenvalue weighted by atomic mass is 10.2. The van der Waals surface area contributed by atoms with Crippen molar-refractivity contribution in [3.8, 4) is 5.75 Å². The summed E-state index contributed by atoms with van der Waals surface area (Å²) in [5, 5.41) is 3.78. The highest BCUT2D eigenvalue weighted by Crippen LogP contribution is 2.27. The Hall–Kier alpha value is -2.93. The molecule has 25 heavy (non-hydrogen) atoms. The van der Waals surface area contributed by atoms with Crippen LogP contribution in [0.4, 0.5) is 5.69 Å². The molecule has 0 spiro atoms. The minimum absolute atomic E-state index is 0.152. The molecule has 0 radical (unpaired) electrons. The number of para-hydroxylation sites is 1. The van der Waals surface area contributed by atoms with Crippen molar-refractivity contribution >= 4 is 40.2 Å². The summed E-state index contributed by atoms with van der Waals surface area (Å²) in [4.78, 5) is 27.4. The van der Waals surface area contributed by atoms with Gasteiger partial charge in [-0.15, -0.1) is 11.8 Å². The lowest BCUT2D eigenvalue weighted by molar-refractivity contribution is -0.115. The van der Waals surface area contributed by atoms with E-state index in [1.807, 2.05) is 36.4 Å². The number of benzene rings is 2. The molecule has 0 fully saturated rings. The number of hydrogen-bond donors (Lipinski definition) is 3. The molecule has 0 aliphatic heterocycles. The van der Waals surface area contributed by atoms with E-state index in [4.69, 9.17) is 10.5 Å². The highest BCUT2D eigenvalue weighted by Gasteiger charge is 2.13. The van der Waals surface area contributed by atoms with Gasteiger partial charge in [0.15, 0.2) is 0 Å². The highest BCUT2D eigenvalue weighted by molar-refractivity contribution is 8.00. The summed E-state index contributed by atoms with van der Waals surface area (Å²) in [6.07, 6.45) is 0. The van der Waals surface area contributed by atoms with Crippen LogP contribution in [-0.2, 0) is 4.79 Å². The maximum atomic E-state index is 12.6. The van der Waals surface area contributed by atoms with Crippen molar-refractivity contribution in [1.29, 1.82) is 0 Å². The molecule has 6 nitrogen and oxygen atoms in total. The second-order valence-corrected chi connectivity index (χ2v) is 6.36. The second kappa shape index (κ2) is 7.31. The average Bonchev–Trinajstić information content (AvgIpc) is 3.04. The van der Waals surface area contributed by atoms with Gasteiger partial charge in [0.25, 0.3) is 5.91 Å². The molecule has 1 aromatic heterocycles. The van der Waals surface area contributed by atoms with E-state index in [1.165, 1.54) is 11.8 Å². The van der Waals surface area contributed by atoms with E-state index in [0.29, 0.717) is 11.4 Å². The van der Waals surface area contributed by atoms with Gasteiger partial charge in [-0.25, -0.2) is 0 Å². The van der Waals surface area contributed by atoms with Gasteiger partial charge in [-0.3, -0.25) is 9.59 Å². The number of aromatic amines is 1. The second-order valence-electron chi connectivity index (χ2n) is 5.34. The van der Waals surface area contributed by atoms with E-state index >= 15 is 0 Å². The molecule has 2 aromatic carbocycles. The molecule has 0 aliphatic rings. The Morgan fingerprint density at radius 1 is 1.20 bits per heavy atom. The summed E-state index contributed by atoms with van der Waals surface area (Å²) < 4.78 is 5.19. The number of thioether (sulfide) groups is 1. The largest absolute Gasteiger partial charge is 0.497 e. The summed E-state index contributed by atoms with van der Waals surface area (Å²) >= 11 is 1.29. The van der Waals surface area contributed by atoms with Crippen molar-refractivity contribution in [3.63, 3.8) is 0 Å². The molecular weight excluding hydrogens is 338 g/mol. The molecule has 1 heterocycles. The van der Waals surface area contributed by atoms with Gasteiger partial charge in [-0.1, -0.05) is 12.1 Å². The minimum Gasteiger partial charge on any atom is -0.497 e. The lowest BCUT2D eigenvalue weighted by Crippen LogP contribution is -2.15. The van der Waals surface area contributed by atoms with Crippen LogP contribution in [0, 0.1) is 0 Å². The van der Waals surface area contributed by atoms with Crippen LogP contribution >= 0.6 is 11.8 Å². The quantitative estimate of drug-likeness (QED) is 0.592. The number of carbonyl (C=O) groups excluding carboxylic acids is 2. The molecule has 7 heteroatoms. The maximum absolute atomic E-state index is 12.6. The van der Waals surface area contributed by atoms with Crippen molar-refractivity contribution in [2.75, 3.05) is 18.2 Å². The normalized spacial score (nSPS) is 10.6. The summed E-state index contributed by atoms with van der Waals surface area (Å²) in [5.41, 5.74) is 7.08. The van der Waals surface area contributed by atoms with E-state index in [0.717, 1.165) is 21.5 Å². The zero-order chi connectivity index (χ0) is 17.8. The number of aromatic nitrogens is 1. The first-order valence-corrected chi connectivity index (χ1v) is 8.53. The van der Waals surface area contributed by atoms with Crippen molar-refractivity contribution < 1.29 is 14.3 Å².